The Morgan fingerprint density at radius 2 is 1.66 bits per heavy atom. The van der Waals surface area contributed by atoms with Gasteiger partial charge in [0.15, 0.2) is 6.10 Å². The van der Waals surface area contributed by atoms with Crippen LogP contribution < -0.4 is 10.6 Å². The number of alkyl carbamates (subject to hydrolysis) is 1. The highest BCUT2D eigenvalue weighted by atomic mass is 16.6. The number of aliphatic carboxylic acids is 1. The molecule has 184 valence electrons. The fraction of sp³-hybridized carbons (Fsp3) is 0.444. The number of hydrogen-bond acceptors (Lipinski definition) is 5. The molecule has 2 unspecified atom stereocenters. The molecule has 2 aromatic carbocycles. The molecule has 2 fully saturated rings. The Morgan fingerprint density at radius 1 is 0.971 bits per heavy atom. The standard InChI is InChI=1S/C27H30N2O6/c30-25(28-14-16-6-5-11-17(16)26(31)32)24-23(12-13-34-24)29-27(33)35-15-22-20-9-3-1-7-18(20)19-8-2-4-10-21(19)22/h1-4,7-10,16-17,22-24H,5-6,11-15H2,(H,28,30)(H,29,33)(H,31,32)/t16-,17-,23?,24?/m0/s1. The van der Waals surface area contributed by atoms with Crippen molar-refractivity contribution in [3.8, 4) is 11.1 Å². The third-order valence-electron chi connectivity index (χ3n) is 7.51. The molecule has 8 nitrogen and oxygen atoms in total. The first-order chi connectivity index (χ1) is 17.0. The second-order valence-electron chi connectivity index (χ2n) is 9.54. The Hall–Kier alpha value is -3.39. The first-order valence-electron chi connectivity index (χ1n) is 12.3. The maximum absolute atomic E-state index is 12.7. The van der Waals surface area contributed by atoms with Crippen molar-refractivity contribution in [3.05, 3.63) is 59.7 Å². The summed E-state index contributed by atoms with van der Waals surface area (Å²) in [5.74, 6) is -1.68. The van der Waals surface area contributed by atoms with Gasteiger partial charge in [0.1, 0.15) is 6.61 Å². The highest BCUT2D eigenvalue weighted by Crippen LogP contribution is 2.44. The summed E-state index contributed by atoms with van der Waals surface area (Å²) in [5, 5.41) is 15.0. The monoisotopic (exact) mass is 478 g/mol. The van der Waals surface area contributed by atoms with Crippen LogP contribution in [-0.4, -0.2) is 55.0 Å². The predicted molar refractivity (Wildman–Crippen MR) is 128 cm³/mol. The van der Waals surface area contributed by atoms with Gasteiger partial charge in [0.25, 0.3) is 5.91 Å². The third-order valence-corrected chi connectivity index (χ3v) is 7.51. The lowest BCUT2D eigenvalue weighted by molar-refractivity contribution is -0.143. The number of fused-ring (bicyclic) bond motifs is 3. The maximum atomic E-state index is 12.7. The normalized spacial score (nSPS) is 25.0. The van der Waals surface area contributed by atoms with E-state index < -0.39 is 30.1 Å². The van der Waals surface area contributed by atoms with Crippen molar-refractivity contribution in [3.63, 3.8) is 0 Å². The summed E-state index contributed by atoms with van der Waals surface area (Å²) in [5.41, 5.74) is 4.58. The van der Waals surface area contributed by atoms with Crippen molar-refractivity contribution in [2.45, 2.75) is 43.7 Å². The molecule has 3 N–H and O–H groups in total. The SMILES string of the molecule is O=C(NC1CCOC1C(=O)NC[C@@H]1CCC[C@@H]1C(=O)O)OCC1c2ccccc2-c2ccccc21. The largest absolute Gasteiger partial charge is 0.481 e. The summed E-state index contributed by atoms with van der Waals surface area (Å²) in [6.45, 7) is 0.851. The summed E-state index contributed by atoms with van der Waals surface area (Å²) in [6, 6.07) is 15.8. The van der Waals surface area contributed by atoms with Gasteiger partial charge in [0.2, 0.25) is 0 Å². The Balaban J connectivity index is 1.15. The Labute approximate surface area is 204 Å². The van der Waals surface area contributed by atoms with Gasteiger partial charge in [-0.15, -0.1) is 0 Å². The number of rotatable bonds is 7. The van der Waals surface area contributed by atoms with Crippen LogP contribution in [0.25, 0.3) is 11.1 Å². The molecule has 4 atom stereocenters. The van der Waals surface area contributed by atoms with Crippen molar-refractivity contribution in [1.29, 1.82) is 0 Å². The van der Waals surface area contributed by atoms with Crippen LogP contribution in [0.2, 0.25) is 0 Å². The molecule has 0 spiro atoms. The molecule has 2 amide bonds. The zero-order chi connectivity index (χ0) is 24.4. The van der Waals surface area contributed by atoms with Crippen LogP contribution in [0, 0.1) is 11.8 Å². The van der Waals surface area contributed by atoms with Crippen LogP contribution in [0.1, 0.15) is 42.7 Å². The number of carboxylic acids is 1. The van der Waals surface area contributed by atoms with Gasteiger partial charge in [0.05, 0.1) is 12.0 Å². The van der Waals surface area contributed by atoms with E-state index in [4.69, 9.17) is 9.47 Å². The van der Waals surface area contributed by atoms with Crippen molar-refractivity contribution in [1.82, 2.24) is 10.6 Å². The number of hydrogen-bond donors (Lipinski definition) is 3. The van der Waals surface area contributed by atoms with E-state index in [1.165, 1.54) is 0 Å². The fourth-order valence-electron chi connectivity index (χ4n) is 5.73. The minimum atomic E-state index is -0.819. The Bertz CT molecular complexity index is 1070. The first kappa shape index (κ1) is 23.4. The molecule has 0 bridgehead atoms. The average molecular weight is 479 g/mol. The fourth-order valence-corrected chi connectivity index (χ4v) is 5.73. The lowest BCUT2D eigenvalue weighted by Crippen LogP contribution is -2.49. The van der Waals surface area contributed by atoms with Crippen LogP contribution in [0.15, 0.2) is 48.5 Å². The second-order valence-corrected chi connectivity index (χ2v) is 9.54. The van der Waals surface area contributed by atoms with Crippen LogP contribution in [0.5, 0.6) is 0 Å². The lowest BCUT2D eigenvalue weighted by atomic mass is 9.96. The summed E-state index contributed by atoms with van der Waals surface area (Å²) in [4.78, 5) is 36.8. The van der Waals surface area contributed by atoms with Gasteiger partial charge in [-0.05, 0) is 47.4 Å². The number of ether oxygens (including phenoxy) is 2. The Morgan fingerprint density at radius 3 is 2.34 bits per heavy atom. The van der Waals surface area contributed by atoms with Gasteiger partial charge in [-0.3, -0.25) is 9.59 Å². The number of carbonyl (C=O) groups excluding carboxylic acids is 2. The molecule has 5 rings (SSSR count). The minimum absolute atomic E-state index is 0.0410. The average Bonchev–Trinajstić information content (AvgIpc) is 3.59. The molecule has 2 aliphatic carbocycles. The number of benzene rings is 2. The van der Waals surface area contributed by atoms with Gasteiger partial charge >= 0.3 is 12.1 Å². The summed E-state index contributed by atoms with van der Waals surface area (Å²) in [7, 11) is 0. The zero-order valence-electron chi connectivity index (χ0n) is 19.4. The number of amides is 2. The molecule has 3 aliphatic rings. The highest BCUT2D eigenvalue weighted by Gasteiger charge is 2.38. The molecule has 0 radical (unpaired) electrons. The first-order valence-corrected chi connectivity index (χ1v) is 12.3. The zero-order valence-corrected chi connectivity index (χ0v) is 19.4. The molecular weight excluding hydrogens is 448 g/mol. The molecule has 8 heteroatoms. The summed E-state index contributed by atoms with van der Waals surface area (Å²) < 4.78 is 11.2. The summed E-state index contributed by atoms with van der Waals surface area (Å²) in [6.07, 6.45) is 1.38. The van der Waals surface area contributed by atoms with E-state index in [-0.39, 0.29) is 24.3 Å². The quantitative estimate of drug-likeness (QED) is 0.563. The second kappa shape index (κ2) is 10.1. The highest BCUT2D eigenvalue weighted by molar-refractivity contribution is 5.83. The van der Waals surface area contributed by atoms with E-state index in [1.54, 1.807) is 0 Å². The van der Waals surface area contributed by atoms with Gasteiger partial charge in [-0.2, -0.15) is 0 Å². The number of nitrogens with one attached hydrogen (secondary N) is 2. The van der Waals surface area contributed by atoms with E-state index in [0.29, 0.717) is 26.0 Å². The molecule has 2 aromatic rings. The molecule has 1 saturated carbocycles. The number of carbonyl (C=O) groups is 3. The molecule has 1 saturated heterocycles. The molecular formula is C27H30N2O6. The Kier molecular flexibility index (Phi) is 6.72. The van der Waals surface area contributed by atoms with Gasteiger partial charge in [0, 0.05) is 19.1 Å². The smallest absolute Gasteiger partial charge is 0.407 e. The third kappa shape index (κ3) is 4.75. The van der Waals surface area contributed by atoms with Crippen molar-refractivity contribution >= 4 is 18.0 Å². The topological polar surface area (TPSA) is 114 Å². The number of carboxylic acid groups (broad SMARTS) is 1. The van der Waals surface area contributed by atoms with Gasteiger partial charge in [-0.1, -0.05) is 55.0 Å². The molecule has 0 aromatic heterocycles. The predicted octanol–water partition coefficient (Wildman–Crippen LogP) is 3.30. The van der Waals surface area contributed by atoms with E-state index in [1.807, 2.05) is 24.3 Å². The van der Waals surface area contributed by atoms with Crippen LogP contribution in [0.3, 0.4) is 0 Å². The lowest BCUT2D eigenvalue weighted by Gasteiger charge is -2.22. The van der Waals surface area contributed by atoms with E-state index in [0.717, 1.165) is 35.1 Å². The van der Waals surface area contributed by atoms with E-state index in [2.05, 4.69) is 34.9 Å². The van der Waals surface area contributed by atoms with E-state index >= 15 is 0 Å². The van der Waals surface area contributed by atoms with Crippen LogP contribution in [0.4, 0.5) is 4.79 Å². The van der Waals surface area contributed by atoms with E-state index in [9.17, 15) is 19.5 Å². The maximum Gasteiger partial charge on any atom is 0.407 e. The molecule has 1 heterocycles. The molecule has 35 heavy (non-hydrogen) atoms. The molecule has 1 aliphatic heterocycles. The van der Waals surface area contributed by atoms with Gasteiger partial charge < -0.3 is 25.2 Å². The van der Waals surface area contributed by atoms with Gasteiger partial charge in [-0.25, -0.2) is 4.79 Å². The van der Waals surface area contributed by atoms with Crippen LogP contribution in [-0.2, 0) is 19.1 Å². The van der Waals surface area contributed by atoms with Crippen LogP contribution >= 0.6 is 0 Å². The summed E-state index contributed by atoms with van der Waals surface area (Å²) >= 11 is 0. The minimum Gasteiger partial charge on any atom is -0.481 e. The van der Waals surface area contributed by atoms with Crippen molar-refractivity contribution in [2.75, 3.05) is 19.8 Å². The van der Waals surface area contributed by atoms with Crippen molar-refractivity contribution < 1.29 is 29.0 Å². The van der Waals surface area contributed by atoms with Crippen molar-refractivity contribution in [2.24, 2.45) is 11.8 Å².